The zero-order valence-corrected chi connectivity index (χ0v) is 27.5. The molecule has 2 atom stereocenters. The molecule has 0 aliphatic carbocycles. The second-order valence-electron chi connectivity index (χ2n) is 8.50. The quantitative estimate of drug-likeness (QED) is 0.166. The van der Waals surface area contributed by atoms with Crippen LogP contribution in [-0.4, -0.2) is 24.6 Å². The van der Waals surface area contributed by atoms with Crippen LogP contribution in [0.3, 0.4) is 0 Å². The molecule has 0 aliphatic heterocycles. The summed E-state index contributed by atoms with van der Waals surface area (Å²) in [4.78, 5) is 0. The summed E-state index contributed by atoms with van der Waals surface area (Å²) in [6, 6.07) is 26.8. The maximum absolute atomic E-state index is 2.43. The molecule has 2 unspecified atom stereocenters. The smallest absolute Gasteiger partial charge is 1.00 e. The van der Waals surface area contributed by atoms with Crippen molar-refractivity contribution < 1.29 is 50.7 Å². The van der Waals surface area contributed by atoms with E-state index in [1.165, 1.54) is 39.7 Å². The summed E-state index contributed by atoms with van der Waals surface area (Å²) in [5.41, 5.74) is 1.65. The van der Waals surface area contributed by atoms with Crippen LogP contribution >= 0.6 is 15.8 Å². The van der Waals surface area contributed by atoms with Crippen molar-refractivity contribution in [1.29, 1.82) is 0 Å². The molecule has 4 aromatic rings. The zero-order chi connectivity index (χ0) is 21.7. The van der Waals surface area contributed by atoms with Crippen LogP contribution in [0.5, 0.6) is 0 Å². The third kappa shape index (κ3) is 8.55. The molecule has 0 aromatic heterocycles. The van der Waals surface area contributed by atoms with Crippen molar-refractivity contribution in [3.05, 3.63) is 72.8 Å². The predicted molar refractivity (Wildman–Crippen MR) is 144 cm³/mol. The molecule has 0 saturated heterocycles. The monoisotopic (exact) mass is 684 g/mol. The fourth-order valence-electron chi connectivity index (χ4n) is 4.01. The Morgan fingerprint density at radius 3 is 1.48 bits per heavy atom. The van der Waals surface area contributed by atoms with Crippen molar-refractivity contribution in [1.82, 2.24) is 0 Å². The van der Waals surface area contributed by atoms with Crippen LogP contribution in [0.4, 0.5) is 0 Å². The van der Waals surface area contributed by atoms with E-state index in [-0.39, 0.29) is 66.5 Å². The average molecular weight is 684 g/mol. The first kappa shape index (κ1) is 33.0. The third-order valence-corrected chi connectivity index (χ3v) is 10.9. The fraction of sp³-hybridized carbons (Fsp3) is 0.357. The Labute approximate surface area is 235 Å². The van der Waals surface area contributed by atoms with Crippen LogP contribution < -0.4 is 35.4 Å². The molecule has 0 bridgehead atoms. The van der Waals surface area contributed by atoms with Gasteiger partial charge in [-0.25, -0.2) is 0 Å². The van der Waals surface area contributed by atoms with E-state index in [1.807, 2.05) is 0 Å². The molecule has 0 radical (unpaired) electrons. The first-order chi connectivity index (χ1) is 14.4. The van der Waals surface area contributed by atoms with E-state index in [1.54, 1.807) is 5.30 Å². The number of benzene rings is 2. The summed E-state index contributed by atoms with van der Waals surface area (Å²) in [7, 11) is 0.0324. The van der Waals surface area contributed by atoms with E-state index in [2.05, 4.69) is 114 Å². The largest absolute Gasteiger partial charge is 4.00 e. The van der Waals surface area contributed by atoms with Gasteiger partial charge in [-0.1, -0.05) is 47.7 Å². The average Bonchev–Trinajstić information content (AvgIpc) is 3.38. The van der Waals surface area contributed by atoms with Gasteiger partial charge in [0.05, 0.1) is 0 Å². The van der Waals surface area contributed by atoms with E-state index < -0.39 is 0 Å². The van der Waals surface area contributed by atoms with Gasteiger partial charge in [0.1, 0.15) is 0 Å². The van der Waals surface area contributed by atoms with Gasteiger partial charge in [-0.2, -0.15) is 12.1 Å². The van der Waals surface area contributed by atoms with E-state index in [4.69, 9.17) is 0 Å². The van der Waals surface area contributed by atoms with Gasteiger partial charge in [-0.3, -0.25) is 0 Å². The molecule has 0 saturated carbocycles. The Kier molecular flexibility index (Phi) is 15.8. The maximum atomic E-state index is 2.43. The van der Waals surface area contributed by atoms with E-state index >= 15 is 0 Å². The van der Waals surface area contributed by atoms with Crippen LogP contribution in [0.25, 0.3) is 21.5 Å². The molecule has 4 aromatic carbocycles. The normalized spacial score (nSPS) is 13.2. The first-order valence-electron chi connectivity index (χ1n) is 11.2. The number of hydrogen-bond acceptors (Lipinski definition) is 0. The fourth-order valence-corrected chi connectivity index (χ4v) is 8.06. The number of fused-ring (bicyclic) bond motifs is 2. The summed E-state index contributed by atoms with van der Waals surface area (Å²) in [6.07, 6.45) is 2.58. The maximum Gasteiger partial charge on any atom is 4.00 e. The predicted octanol–water partition coefficient (Wildman–Crippen LogP) is 2.19. The van der Waals surface area contributed by atoms with E-state index in [9.17, 15) is 0 Å². The van der Waals surface area contributed by atoms with Crippen molar-refractivity contribution in [2.24, 2.45) is 0 Å². The SMILES string of the molecule is CCC(C)P(c1cc2ccccc2[cH-]1)C(C)CC.CP(C)c1cc2ccccc2[cH-]1.[Cl-].[Cl-].[Hf+4]. The molecular formula is C28H36Cl2HfP2. The van der Waals surface area contributed by atoms with Gasteiger partial charge in [-0.15, -0.1) is 88.6 Å². The molecule has 0 aliphatic rings. The minimum absolute atomic E-state index is 0. The van der Waals surface area contributed by atoms with Crippen molar-refractivity contribution in [2.75, 3.05) is 13.3 Å². The summed E-state index contributed by atoms with van der Waals surface area (Å²) in [5, 5.41) is 8.69. The number of halogens is 2. The van der Waals surface area contributed by atoms with Gasteiger partial charge in [0.2, 0.25) is 0 Å². The van der Waals surface area contributed by atoms with Gasteiger partial charge in [0.25, 0.3) is 0 Å². The Morgan fingerprint density at radius 1 is 0.697 bits per heavy atom. The minimum Gasteiger partial charge on any atom is -1.00 e. The van der Waals surface area contributed by atoms with Crippen molar-refractivity contribution in [3.8, 4) is 0 Å². The topological polar surface area (TPSA) is 0 Å². The Bertz CT molecular complexity index is 994. The van der Waals surface area contributed by atoms with Crippen LogP contribution in [0.15, 0.2) is 72.8 Å². The second kappa shape index (κ2) is 15.9. The Balaban J connectivity index is 0.000000603. The summed E-state index contributed by atoms with van der Waals surface area (Å²) < 4.78 is 0. The molecule has 5 heteroatoms. The molecule has 0 fully saturated rings. The van der Waals surface area contributed by atoms with Gasteiger partial charge in [-0.05, 0) is 37.5 Å². The Morgan fingerprint density at radius 2 is 1.09 bits per heavy atom. The molecule has 176 valence electrons. The van der Waals surface area contributed by atoms with Crippen LogP contribution in [0.1, 0.15) is 40.5 Å². The van der Waals surface area contributed by atoms with E-state index in [0.29, 0.717) is 0 Å². The molecular weight excluding hydrogens is 648 g/mol. The summed E-state index contributed by atoms with van der Waals surface area (Å²) in [5.74, 6) is 0. The zero-order valence-electron chi connectivity index (χ0n) is 20.6. The number of hydrogen-bond donors (Lipinski definition) is 0. The van der Waals surface area contributed by atoms with Gasteiger partial charge >= 0.3 is 25.8 Å². The molecule has 0 amide bonds. The van der Waals surface area contributed by atoms with Gasteiger partial charge in [0, 0.05) is 0 Å². The summed E-state index contributed by atoms with van der Waals surface area (Å²) >= 11 is 0. The second-order valence-corrected chi connectivity index (χ2v) is 13.9. The third-order valence-electron chi connectivity index (χ3n) is 6.15. The molecule has 0 heterocycles. The standard InChI is InChI=1S/C17H24P.C11H12P.2ClH.Hf/c1-5-13(3)18(14(4)6-2)17-11-15-9-7-8-10-16(15)12-17;1-12(2)11-7-9-5-3-4-6-10(9)8-11;;;/h7-14H,5-6H2,1-4H3;3-8H,1-2H3;2*1H;/q2*-1;;;+4/p-2. The van der Waals surface area contributed by atoms with Gasteiger partial charge in [0.15, 0.2) is 0 Å². The first-order valence-corrected chi connectivity index (χ1v) is 14.9. The van der Waals surface area contributed by atoms with Gasteiger partial charge < -0.3 is 24.8 Å². The molecule has 4 rings (SSSR count). The van der Waals surface area contributed by atoms with Crippen molar-refractivity contribution in [3.63, 3.8) is 0 Å². The molecule has 0 spiro atoms. The van der Waals surface area contributed by atoms with Crippen molar-refractivity contribution in [2.45, 2.75) is 51.9 Å². The van der Waals surface area contributed by atoms with Crippen molar-refractivity contribution >= 4 is 48.0 Å². The molecule has 0 nitrogen and oxygen atoms in total. The molecule has 0 N–H and O–H groups in total. The summed E-state index contributed by atoms with van der Waals surface area (Å²) in [6.45, 7) is 14.1. The molecule has 33 heavy (non-hydrogen) atoms. The van der Waals surface area contributed by atoms with Crippen LogP contribution in [-0.2, 0) is 25.8 Å². The minimum atomic E-state index is -0.0252. The van der Waals surface area contributed by atoms with Crippen LogP contribution in [0, 0.1) is 0 Å². The Hall–Kier alpha value is -0.0299. The number of rotatable bonds is 6. The van der Waals surface area contributed by atoms with Crippen LogP contribution in [0.2, 0.25) is 0 Å². The van der Waals surface area contributed by atoms with E-state index in [0.717, 1.165) is 11.3 Å².